The first-order valence-electron chi connectivity index (χ1n) is 9.78. The zero-order valence-corrected chi connectivity index (χ0v) is 18.6. The smallest absolute Gasteiger partial charge is 0.249 e. The van der Waals surface area contributed by atoms with Gasteiger partial charge in [0.2, 0.25) is 11.8 Å². The summed E-state index contributed by atoms with van der Waals surface area (Å²) in [6.07, 6.45) is 0.832. The minimum Gasteiger partial charge on any atom is -0.375 e. The van der Waals surface area contributed by atoms with E-state index in [1.165, 1.54) is 12.0 Å². The summed E-state index contributed by atoms with van der Waals surface area (Å²) < 4.78 is 5.00. The van der Waals surface area contributed by atoms with Crippen LogP contribution in [0.1, 0.15) is 35.9 Å². The predicted molar refractivity (Wildman–Crippen MR) is 116 cm³/mol. The van der Waals surface area contributed by atoms with E-state index in [0.717, 1.165) is 17.5 Å². The largest absolute Gasteiger partial charge is 0.375 e. The highest BCUT2D eigenvalue weighted by atomic mass is 35.5. The van der Waals surface area contributed by atoms with Gasteiger partial charge in [0.25, 0.3) is 0 Å². The van der Waals surface area contributed by atoms with Crippen molar-refractivity contribution in [1.82, 2.24) is 9.80 Å². The minimum absolute atomic E-state index is 0.0186. The molecule has 0 aliphatic carbocycles. The van der Waals surface area contributed by atoms with Gasteiger partial charge in [-0.25, -0.2) is 0 Å². The molecule has 2 amide bonds. The summed E-state index contributed by atoms with van der Waals surface area (Å²) in [5, 5.41) is 2.75. The molecule has 1 aliphatic heterocycles. The van der Waals surface area contributed by atoms with E-state index in [1.54, 1.807) is 16.2 Å². The molecule has 0 fully saturated rings. The van der Waals surface area contributed by atoms with Gasteiger partial charge in [-0.1, -0.05) is 37.6 Å². The SMILES string of the molecule is COCC(=O)N(CC(=O)N1CCc2sccc2C1c1ccc(Cl)cc1)CC(C)C. The number of hydrogen-bond donors (Lipinski definition) is 0. The Bertz CT molecular complexity index is 850. The summed E-state index contributed by atoms with van der Waals surface area (Å²) in [5.74, 6) is 0.0539. The van der Waals surface area contributed by atoms with Crippen molar-refractivity contribution >= 4 is 34.8 Å². The van der Waals surface area contributed by atoms with E-state index < -0.39 is 0 Å². The predicted octanol–water partition coefficient (Wildman–Crippen LogP) is 4.01. The molecular weight excluding hydrogens is 408 g/mol. The van der Waals surface area contributed by atoms with Gasteiger partial charge in [0.1, 0.15) is 6.61 Å². The van der Waals surface area contributed by atoms with E-state index >= 15 is 0 Å². The lowest BCUT2D eigenvalue weighted by Gasteiger charge is -2.37. The Balaban J connectivity index is 1.87. The lowest BCUT2D eigenvalue weighted by molar-refractivity contribution is -0.144. The van der Waals surface area contributed by atoms with Gasteiger partial charge in [-0.05, 0) is 47.0 Å². The fraction of sp³-hybridized carbons (Fsp3) is 0.455. The Hall–Kier alpha value is -1.89. The lowest BCUT2D eigenvalue weighted by Crippen LogP contribution is -2.48. The number of halogens is 1. The molecule has 29 heavy (non-hydrogen) atoms. The maximum atomic E-state index is 13.3. The highest BCUT2D eigenvalue weighted by Crippen LogP contribution is 2.38. The zero-order chi connectivity index (χ0) is 21.0. The van der Waals surface area contributed by atoms with Crippen LogP contribution in [-0.4, -0.2) is 55.0 Å². The van der Waals surface area contributed by atoms with E-state index in [4.69, 9.17) is 16.3 Å². The number of ether oxygens (including phenoxy) is 1. The molecule has 5 nitrogen and oxygen atoms in total. The second kappa shape index (κ2) is 9.74. The fourth-order valence-electron chi connectivity index (χ4n) is 3.75. The summed E-state index contributed by atoms with van der Waals surface area (Å²) in [6, 6.07) is 9.60. The van der Waals surface area contributed by atoms with Gasteiger partial charge < -0.3 is 14.5 Å². The van der Waals surface area contributed by atoms with Gasteiger partial charge in [-0.15, -0.1) is 11.3 Å². The maximum Gasteiger partial charge on any atom is 0.249 e. The van der Waals surface area contributed by atoms with Gasteiger partial charge >= 0.3 is 0 Å². The number of hydrogen-bond acceptors (Lipinski definition) is 4. The molecule has 1 aliphatic rings. The second-order valence-corrected chi connectivity index (χ2v) is 9.13. The molecule has 156 valence electrons. The quantitative estimate of drug-likeness (QED) is 0.661. The Morgan fingerprint density at radius 3 is 2.66 bits per heavy atom. The molecule has 7 heteroatoms. The van der Waals surface area contributed by atoms with Crippen molar-refractivity contribution in [1.29, 1.82) is 0 Å². The molecule has 2 aromatic rings. The second-order valence-electron chi connectivity index (χ2n) is 7.69. The fourth-order valence-corrected chi connectivity index (χ4v) is 4.78. The number of nitrogens with zero attached hydrogens (tertiary/aromatic N) is 2. The third kappa shape index (κ3) is 5.18. The Morgan fingerprint density at radius 1 is 1.28 bits per heavy atom. The average molecular weight is 435 g/mol. The zero-order valence-electron chi connectivity index (χ0n) is 17.1. The van der Waals surface area contributed by atoms with Gasteiger partial charge in [-0.3, -0.25) is 9.59 Å². The molecule has 0 spiro atoms. The van der Waals surface area contributed by atoms with Crippen LogP contribution in [0.15, 0.2) is 35.7 Å². The van der Waals surface area contributed by atoms with Crippen molar-refractivity contribution < 1.29 is 14.3 Å². The molecule has 1 unspecified atom stereocenters. The van der Waals surface area contributed by atoms with Crippen LogP contribution in [-0.2, 0) is 20.7 Å². The first-order valence-corrected chi connectivity index (χ1v) is 11.0. The summed E-state index contributed by atoms with van der Waals surface area (Å²) in [7, 11) is 1.49. The molecule has 0 N–H and O–H groups in total. The van der Waals surface area contributed by atoms with Crippen molar-refractivity contribution in [3.63, 3.8) is 0 Å². The van der Waals surface area contributed by atoms with Crippen molar-refractivity contribution in [2.45, 2.75) is 26.3 Å². The molecule has 3 rings (SSSR count). The number of fused-ring (bicyclic) bond motifs is 1. The summed E-state index contributed by atoms with van der Waals surface area (Å²) >= 11 is 7.81. The standard InChI is InChI=1S/C22H27ClN2O3S/c1-15(2)12-24(21(27)14-28-3)13-20(26)25-10-8-19-18(9-11-29-19)22(25)16-4-6-17(23)7-5-16/h4-7,9,11,15,22H,8,10,12-14H2,1-3H3. The number of thiophene rings is 1. The summed E-state index contributed by atoms with van der Waals surface area (Å²) in [6.45, 7) is 5.27. The Labute approximate surface area is 181 Å². The number of benzene rings is 1. The Kier molecular flexibility index (Phi) is 7.33. The highest BCUT2D eigenvalue weighted by Gasteiger charge is 2.34. The van der Waals surface area contributed by atoms with Crippen molar-refractivity contribution in [2.24, 2.45) is 5.92 Å². The van der Waals surface area contributed by atoms with E-state index in [2.05, 4.69) is 11.4 Å². The molecule has 1 atom stereocenters. The van der Waals surface area contributed by atoms with Crippen molar-refractivity contribution in [3.8, 4) is 0 Å². The molecule has 0 radical (unpaired) electrons. The van der Waals surface area contributed by atoms with Crippen LogP contribution in [0.25, 0.3) is 0 Å². The van der Waals surface area contributed by atoms with E-state index in [1.807, 2.05) is 43.0 Å². The van der Waals surface area contributed by atoms with Gasteiger partial charge in [0, 0.05) is 30.1 Å². The van der Waals surface area contributed by atoms with Crippen LogP contribution in [0.3, 0.4) is 0 Å². The van der Waals surface area contributed by atoms with E-state index in [9.17, 15) is 9.59 Å². The molecule has 0 saturated heterocycles. The normalized spacial score (nSPS) is 16.0. The monoisotopic (exact) mass is 434 g/mol. The number of rotatable bonds is 7. The van der Waals surface area contributed by atoms with Gasteiger partial charge in [0.15, 0.2) is 0 Å². The Morgan fingerprint density at radius 2 is 2.00 bits per heavy atom. The molecule has 2 heterocycles. The lowest BCUT2D eigenvalue weighted by atomic mass is 9.93. The third-order valence-electron chi connectivity index (χ3n) is 5.00. The molecular formula is C22H27ClN2O3S. The van der Waals surface area contributed by atoms with Crippen LogP contribution in [0.5, 0.6) is 0 Å². The number of amides is 2. The highest BCUT2D eigenvalue weighted by molar-refractivity contribution is 7.10. The minimum atomic E-state index is -0.161. The molecule has 0 saturated carbocycles. The molecule has 0 bridgehead atoms. The molecule has 1 aromatic carbocycles. The first kappa shape index (κ1) is 21.8. The number of methoxy groups -OCH3 is 1. The van der Waals surface area contributed by atoms with Crippen LogP contribution in [0.2, 0.25) is 5.02 Å². The summed E-state index contributed by atoms with van der Waals surface area (Å²) in [5.41, 5.74) is 2.19. The summed E-state index contributed by atoms with van der Waals surface area (Å²) in [4.78, 5) is 30.6. The first-order chi connectivity index (χ1) is 13.9. The third-order valence-corrected chi connectivity index (χ3v) is 6.25. The number of carbonyl (C=O) groups is 2. The molecule has 1 aromatic heterocycles. The van der Waals surface area contributed by atoms with Crippen LogP contribution >= 0.6 is 22.9 Å². The van der Waals surface area contributed by atoms with E-state index in [-0.39, 0.29) is 36.9 Å². The van der Waals surface area contributed by atoms with Crippen LogP contribution in [0.4, 0.5) is 0 Å². The van der Waals surface area contributed by atoms with E-state index in [0.29, 0.717) is 18.1 Å². The van der Waals surface area contributed by atoms with Crippen molar-refractivity contribution in [3.05, 3.63) is 56.7 Å². The number of carbonyl (C=O) groups excluding carboxylic acids is 2. The van der Waals surface area contributed by atoms with Crippen molar-refractivity contribution in [2.75, 3.05) is 33.4 Å². The van der Waals surface area contributed by atoms with Crippen LogP contribution < -0.4 is 0 Å². The van der Waals surface area contributed by atoms with Gasteiger partial charge in [0.05, 0.1) is 12.6 Å². The topological polar surface area (TPSA) is 49.9 Å². The van der Waals surface area contributed by atoms with Crippen LogP contribution in [0, 0.1) is 5.92 Å². The van der Waals surface area contributed by atoms with Gasteiger partial charge in [-0.2, -0.15) is 0 Å². The maximum absolute atomic E-state index is 13.3. The average Bonchev–Trinajstić information content (AvgIpc) is 3.16.